The summed E-state index contributed by atoms with van der Waals surface area (Å²) in [5.74, 6) is 0.775. The van der Waals surface area contributed by atoms with Gasteiger partial charge in [0.2, 0.25) is 0 Å². The van der Waals surface area contributed by atoms with E-state index in [1.54, 1.807) is 12.1 Å². The Hall–Kier alpha value is -0.970. The van der Waals surface area contributed by atoms with Gasteiger partial charge in [0.1, 0.15) is 12.4 Å². The van der Waals surface area contributed by atoms with E-state index in [-0.39, 0.29) is 24.6 Å². The van der Waals surface area contributed by atoms with Crippen LogP contribution in [0.5, 0.6) is 5.75 Å². The van der Waals surface area contributed by atoms with Crippen molar-refractivity contribution in [2.45, 2.75) is 32.5 Å². The molecule has 3 nitrogen and oxygen atoms in total. The lowest BCUT2D eigenvalue weighted by Crippen LogP contribution is -2.42. The molecule has 2 rings (SSSR count). The molecule has 0 heterocycles. The van der Waals surface area contributed by atoms with Crippen molar-refractivity contribution in [3.63, 3.8) is 0 Å². The maximum Gasteiger partial charge on any atom is 0.120 e. The quantitative estimate of drug-likeness (QED) is 0.709. The molecule has 0 aromatic heterocycles. The number of aliphatic hydroxyl groups is 1. The maximum absolute atomic E-state index is 9.27. The number of hydrogen-bond acceptors (Lipinski definition) is 3. The van der Waals surface area contributed by atoms with Gasteiger partial charge >= 0.3 is 0 Å². The van der Waals surface area contributed by atoms with E-state index >= 15 is 0 Å². The van der Waals surface area contributed by atoms with Crippen LogP contribution in [0.3, 0.4) is 0 Å². The van der Waals surface area contributed by atoms with Gasteiger partial charge in [-0.1, -0.05) is 41.4 Å². The summed E-state index contributed by atoms with van der Waals surface area (Å²) < 4.78 is 5.81. The zero-order chi connectivity index (χ0) is 16.9. The van der Waals surface area contributed by atoms with Crippen molar-refractivity contribution < 1.29 is 9.84 Å². The molecule has 0 radical (unpaired) electrons. The predicted octanol–water partition coefficient (Wildman–Crippen LogP) is 4.85. The van der Waals surface area contributed by atoms with Gasteiger partial charge in [0.15, 0.2) is 0 Å². The lowest BCUT2D eigenvalue weighted by Gasteiger charge is -2.23. The van der Waals surface area contributed by atoms with Gasteiger partial charge in [-0.05, 0) is 43.7 Å². The highest BCUT2D eigenvalue weighted by Gasteiger charge is 2.14. The van der Waals surface area contributed by atoms with Crippen LogP contribution in [0.4, 0.5) is 0 Å². The Bertz CT molecular complexity index is 662. The zero-order valence-corrected chi connectivity index (χ0v) is 16.0. The summed E-state index contributed by atoms with van der Waals surface area (Å²) >= 11 is 12.0. The molecule has 6 heteroatoms. The summed E-state index contributed by atoms with van der Waals surface area (Å²) in [7, 11) is 0. The molecule has 0 aliphatic heterocycles. The average Bonchev–Trinajstić information content (AvgIpc) is 2.53. The van der Waals surface area contributed by atoms with Crippen LogP contribution in [0.25, 0.3) is 0 Å². The highest BCUT2D eigenvalue weighted by atomic mass is 35.5. The molecule has 0 unspecified atom stereocenters. The standard InChI is InChI=1S/C18H21Cl2NO2.ClH/c1-18(2,12-22)21-10-13-4-3-5-16(8-13)23-11-14-6-7-15(19)9-17(14)20;/h3-9,21-22H,10-12H2,1-2H3;1H. The Kier molecular flexibility index (Phi) is 8.34. The van der Waals surface area contributed by atoms with Gasteiger partial charge < -0.3 is 15.2 Å². The summed E-state index contributed by atoms with van der Waals surface area (Å²) in [4.78, 5) is 0. The molecular formula is C18H22Cl3NO2. The van der Waals surface area contributed by atoms with Crippen LogP contribution in [0.2, 0.25) is 10.0 Å². The van der Waals surface area contributed by atoms with E-state index in [2.05, 4.69) is 5.32 Å². The number of aliphatic hydroxyl groups excluding tert-OH is 1. The van der Waals surface area contributed by atoms with Crippen molar-refractivity contribution >= 4 is 35.6 Å². The first-order valence-electron chi connectivity index (χ1n) is 7.41. The highest BCUT2D eigenvalue weighted by Crippen LogP contribution is 2.23. The van der Waals surface area contributed by atoms with Gasteiger partial charge in [-0.25, -0.2) is 0 Å². The fraction of sp³-hybridized carbons (Fsp3) is 0.333. The summed E-state index contributed by atoms with van der Waals surface area (Å²) in [6.45, 7) is 5.03. The first-order valence-corrected chi connectivity index (χ1v) is 8.17. The summed E-state index contributed by atoms with van der Waals surface area (Å²) in [6, 6.07) is 13.2. The third-order valence-corrected chi connectivity index (χ3v) is 4.06. The molecule has 2 aromatic rings. The van der Waals surface area contributed by atoms with Gasteiger partial charge in [0.05, 0.1) is 6.61 Å². The fourth-order valence-electron chi connectivity index (χ4n) is 1.94. The lowest BCUT2D eigenvalue weighted by molar-refractivity contribution is 0.187. The van der Waals surface area contributed by atoms with Gasteiger partial charge in [-0.2, -0.15) is 0 Å². The maximum atomic E-state index is 9.27. The van der Waals surface area contributed by atoms with Crippen LogP contribution >= 0.6 is 35.6 Å². The van der Waals surface area contributed by atoms with E-state index in [0.717, 1.165) is 16.9 Å². The van der Waals surface area contributed by atoms with Crippen molar-refractivity contribution in [1.82, 2.24) is 5.32 Å². The van der Waals surface area contributed by atoms with Gasteiger partial charge in [0, 0.05) is 27.7 Å². The average molecular weight is 391 g/mol. The molecule has 0 saturated heterocycles. The summed E-state index contributed by atoms with van der Waals surface area (Å²) in [5, 5.41) is 13.8. The molecule has 0 aliphatic carbocycles. The molecule has 132 valence electrons. The fourth-order valence-corrected chi connectivity index (χ4v) is 2.41. The molecule has 0 atom stereocenters. The van der Waals surface area contributed by atoms with E-state index in [4.69, 9.17) is 27.9 Å². The smallest absolute Gasteiger partial charge is 0.120 e. The number of benzene rings is 2. The minimum atomic E-state index is -0.312. The van der Waals surface area contributed by atoms with E-state index in [9.17, 15) is 5.11 Å². The van der Waals surface area contributed by atoms with Crippen LogP contribution in [0.1, 0.15) is 25.0 Å². The van der Waals surface area contributed by atoms with Crippen LogP contribution in [0, 0.1) is 0 Å². The number of nitrogens with one attached hydrogen (secondary N) is 1. The van der Waals surface area contributed by atoms with Crippen LogP contribution in [-0.2, 0) is 13.2 Å². The predicted molar refractivity (Wildman–Crippen MR) is 102 cm³/mol. The monoisotopic (exact) mass is 389 g/mol. The first-order chi connectivity index (χ1) is 10.9. The van der Waals surface area contributed by atoms with Crippen LogP contribution < -0.4 is 10.1 Å². The molecule has 2 N–H and O–H groups in total. The van der Waals surface area contributed by atoms with Crippen molar-refractivity contribution in [2.75, 3.05) is 6.61 Å². The van der Waals surface area contributed by atoms with E-state index in [1.807, 2.05) is 44.2 Å². The zero-order valence-electron chi connectivity index (χ0n) is 13.7. The van der Waals surface area contributed by atoms with Gasteiger partial charge in [-0.3, -0.25) is 0 Å². The minimum Gasteiger partial charge on any atom is -0.489 e. The first kappa shape index (κ1) is 21.1. The van der Waals surface area contributed by atoms with Crippen molar-refractivity contribution in [2.24, 2.45) is 0 Å². The van der Waals surface area contributed by atoms with Gasteiger partial charge in [0.25, 0.3) is 0 Å². The van der Waals surface area contributed by atoms with Crippen LogP contribution in [-0.4, -0.2) is 17.3 Å². The second-order valence-electron chi connectivity index (χ2n) is 6.07. The largest absolute Gasteiger partial charge is 0.489 e. The number of halogens is 3. The Labute approximate surface area is 159 Å². The Morgan fingerprint density at radius 1 is 1.12 bits per heavy atom. The van der Waals surface area contributed by atoms with Gasteiger partial charge in [-0.15, -0.1) is 12.4 Å². The van der Waals surface area contributed by atoms with Crippen molar-refractivity contribution in [1.29, 1.82) is 0 Å². The second-order valence-corrected chi connectivity index (χ2v) is 6.91. The Morgan fingerprint density at radius 2 is 1.88 bits per heavy atom. The molecule has 0 aliphatic rings. The molecule has 0 bridgehead atoms. The topological polar surface area (TPSA) is 41.5 Å². The van der Waals surface area contributed by atoms with E-state index in [1.165, 1.54) is 0 Å². The normalized spacial score (nSPS) is 11.0. The van der Waals surface area contributed by atoms with Crippen molar-refractivity contribution in [3.05, 3.63) is 63.6 Å². The number of ether oxygens (including phenoxy) is 1. The highest BCUT2D eigenvalue weighted by molar-refractivity contribution is 6.35. The Morgan fingerprint density at radius 3 is 2.54 bits per heavy atom. The summed E-state index contributed by atoms with van der Waals surface area (Å²) in [5.41, 5.74) is 1.67. The van der Waals surface area contributed by atoms with E-state index < -0.39 is 0 Å². The molecule has 24 heavy (non-hydrogen) atoms. The third kappa shape index (κ3) is 6.50. The van der Waals surface area contributed by atoms with E-state index in [0.29, 0.717) is 23.2 Å². The molecule has 0 fully saturated rings. The lowest BCUT2D eigenvalue weighted by atomic mass is 10.1. The molecule has 2 aromatic carbocycles. The number of hydrogen-bond donors (Lipinski definition) is 2. The minimum absolute atomic E-state index is 0. The third-order valence-electron chi connectivity index (χ3n) is 3.47. The molecule has 0 saturated carbocycles. The molecular weight excluding hydrogens is 369 g/mol. The molecule has 0 amide bonds. The number of rotatable bonds is 7. The van der Waals surface area contributed by atoms with Crippen LogP contribution in [0.15, 0.2) is 42.5 Å². The molecule has 0 spiro atoms. The Balaban J connectivity index is 0.00000288. The second kappa shape index (κ2) is 9.50. The van der Waals surface area contributed by atoms with Crippen molar-refractivity contribution in [3.8, 4) is 5.75 Å². The summed E-state index contributed by atoms with van der Waals surface area (Å²) in [6.07, 6.45) is 0. The SMILES string of the molecule is CC(C)(CO)NCc1cccc(OCc2ccc(Cl)cc2Cl)c1.Cl.